The summed E-state index contributed by atoms with van der Waals surface area (Å²) in [6.45, 7) is 0. The van der Waals surface area contributed by atoms with E-state index in [1.807, 2.05) is 23.5 Å². The Morgan fingerprint density at radius 1 is 0.270 bits per heavy atom. The highest BCUT2D eigenvalue weighted by molar-refractivity contribution is 7.26. The van der Waals surface area contributed by atoms with Crippen molar-refractivity contribution in [2.24, 2.45) is 0 Å². The monoisotopic (exact) mass is 820 g/mol. The van der Waals surface area contributed by atoms with Gasteiger partial charge in [-0.15, -0.1) is 11.3 Å². The van der Waals surface area contributed by atoms with E-state index < -0.39 is 0 Å². The molecule has 0 aliphatic rings. The Hall–Kier alpha value is -8.12. The minimum Gasteiger partial charge on any atom is -0.246 e. The zero-order valence-corrected chi connectivity index (χ0v) is 34.8. The first-order chi connectivity index (χ1) is 31.2. The van der Waals surface area contributed by atoms with E-state index >= 15 is 0 Å². The molecular weight excluding hydrogens is 785 g/mol. The van der Waals surface area contributed by atoms with Crippen LogP contribution in [0.1, 0.15) is 0 Å². The summed E-state index contributed by atoms with van der Waals surface area (Å²) >= 11 is 1.85. The van der Waals surface area contributed by atoms with Gasteiger partial charge in [-0.3, -0.25) is 0 Å². The van der Waals surface area contributed by atoms with E-state index in [1.54, 1.807) is 0 Å². The molecule has 0 atom stereocenters. The van der Waals surface area contributed by atoms with Crippen LogP contribution in [0.5, 0.6) is 0 Å². The molecule has 0 unspecified atom stereocenters. The fraction of sp³-hybridized carbons (Fsp3) is 0. The molecule has 0 fully saturated rings. The lowest BCUT2D eigenvalue weighted by molar-refractivity contribution is 1.07. The van der Waals surface area contributed by atoms with Crippen LogP contribution in [-0.2, 0) is 0 Å². The van der Waals surface area contributed by atoms with Crippen molar-refractivity contribution in [1.82, 2.24) is 19.9 Å². The van der Waals surface area contributed by atoms with Crippen LogP contribution in [0.25, 0.3) is 121 Å². The van der Waals surface area contributed by atoms with Crippen LogP contribution in [0, 0.1) is 0 Å². The van der Waals surface area contributed by atoms with Crippen LogP contribution in [0.2, 0.25) is 0 Å². The molecule has 3 heterocycles. The summed E-state index contributed by atoms with van der Waals surface area (Å²) < 4.78 is 2.55. The summed E-state index contributed by atoms with van der Waals surface area (Å²) in [6, 6.07) is 76.7. The van der Waals surface area contributed by atoms with E-state index in [1.165, 1.54) is 25.6 Å². The maximum atomic E-state index is 5.56. The summed E-state index contributed by atoms with van der Waals surface area (Å²) in [5.74, 6) is 1.82. The van der Waals surface area contributed by atoms with E-state index in [2.05, 4.69) is 206 Å². The number of rotatable bonds is 7. The molecule has 294 valence electrons. The standard InChI is InChI=1S/C58H36N4S/c1-4-16-37(17-5-1)40-22-12-25-43(34-40)56-60-57(44-26-13-23-41(35-44)38-18-6-2-7-19-38)62-58(61-56)45-27-14-24-42(36-45)46-29-15-30-48-52-49(54(59-55(46)48)39-20-8-3-9-21-39)32-33-51-53(52)47-28-10-11-31-50(47)63-51/h1-36H. The molecular formula is C58H36N4S. The fourth-order valence-electron chi connectivity index (χ4n) is 8.91. The molecule has 0 aliphatic carbocycles. The molecule has 12 aromatic rings. The number of benzene rings is 9. The maximum Gasteiger partial charge on any atom is 0.164 e. The van der Waals surface area contributed by atoms with Gasteiger partial charge in [0.05, 0.1) is 11.2 Å². The van der Waals surface area contributed by atoms with Crippen molar-refractivity contribution in [2.45, 2.75) is 0 Å². The van der Waals surface area contributed by atoms with Gasteiger partial charge in [-0.1, -0.05) is 188 Å². The van der Waals surface area contributed by atoms with Gasteiger partial charge in [0, 0.05) is 64.1 Å². The van der Waals surface area contributed by atoms with E-state index in [4.69, 9.17) is 19.9 Å². The van der Waals surface area contributed by atoms with Gasteiger partial charge in [0.1, 0.15) is 0 Å². The average molecular weight is 821 g/mol. The van der Waals surface area contributed by atoms with Crippen LogP contribution in [-0.4, -0.2) is 19.9 Å². The predicted octanol–water partition coefficient (Wildman–Crippen LogP) is 15.6. The molecule has 0 radical (unpaired) electrons. The molecule has 0 saturated carbocycles. The van der Waals surface area contributed by atoms with Gasteiger partial charge in [-0.05, 0) is 58.1 Å². The predicted molar refractivity (Wildman–Crippen MR) is 264 cm³/mol. The Labute approximate surface area is 368 Å². The van der Waals surface area contributed by atoms with Crippen LogP contribution in [0.3, 0.4) is 0 Å². The van der Waals surface area contributed by atoms with Gasteiger partial charge in [0.25, 0.3) is 0 Å². The quantitative estimate of drug-likeness (QED) is 0.150. The smallest absolute Gasteiger partial charge is 0.164 e. The van der Waals surface area contributed by atoms with Crippen LogP contribution < -0.4 is 0 Å². The van der Waals surface area contributed by atoms with E-state index in [0.29, 0.717) is 17.5 Å². The van der Waals surface area contributed by atoms with Gasteiger partial charge in [0.2, 0.25) is 0 Å². The Balaban J connectivity index is 1.06. The minimum atomic E-state index is 0.599. The molecule has 12 rings (SSSR count). The van der Waals surface area contributed by atoms with Crippen molar-refractivity contribution in [3.05, 3.63) is 218 Å². The zero-order valence-electron chi connectivity index (χ0n) is 34.0. The number of hydrogen-bond donors (Lipinski definition) is 0. The summed E-state index contributed by atoms with van der Waals surface area (Å²) in [5, 5.41) is 6.05. The highest BCUT2D eigenvalue weighted by Crippen LogP contribution is 2.45. The molecule has 0 bridgehead atoms. The third kappa shape index (κ3) is 6.63. The Morgan fingerprint density at radius 3 is 1.33 bits per heavy atom. The third-order valence-corrected chi connectivity index (χ3v) is 13.0. The lowest BCUT2D eigenvalue weighted by Gasteiger charge is -2.15. The number of aromatic nitrogens is 4. The number of hydrogen-bond acceptors (Lipinski definition) is 5. The second-order valence-electron chi connectivity index (χ2n) is 15.8. The van der Waals surface area contributed by atoms with Crippen molar-refractivity contribution >= 4 is 53.2 Å². The number of thiophene rings is 1. The minimum absolute atomic E-state index is 0.599. The first-order valence-electron chi connectivity index (χ1n) is 21.1. The van der Waals surface area contributed by atoms with Gasteiger partial charge < -0.3 is 0 Å². The molecule has 4 nitrogen and oxygen atoms in total. The average Bonchev–Trinajstić information content (AvgIpc) is 3.76. The van der Waals surface area contributed by atoms with Crippen molar-refractivity contribution < 1.29 is 0 Å². The molecule has 0 amide bonds. The van der Waals surface area contributed by atoms with Gasteiger partial charge in [-0.25, -0.2) is 19.9 Å². The first-order valence-corrected chi connectivity index (χ1v) is 21.9. The number of fused-ring (bicyclic) bond motifs is 7. The molecule has 0 spiro atoms. The van der Waals surface area contributed by atoms with E-state index in [-0.39, 0.29) is 0 Å². The molecule has 3 aromatic heterocycles. The zero-order chi connectivity index (χ0) is 41.7. The van der Waals surface area contributed by atoms with Gasteiger partial charge in [0.15, 0.2) is 17.5 Å². The van der Waals surface area contributed by atoms with E-state index in [0.717, 1.165) is 77.6 Å². The van der Waals surface area contributed by atoms with Crippen molar-refractivity contribution in [1.29, 1.82) is 0 Å². The van der Waals surface area contributed by atoms with Crippen molar-refractivity contribution in [2.75, 3.05) is 0 Å². The second-order valence-corrected chi connectivity index (χ2v) is 16.9. The second kappa shape index (κ2) is 15.4. The van der Waals surface area contributed by atoms with Crippen LogP contribution >= 0.6 is 11.3 Å². The SMILES string of the molecule is c1ccc(-c2cccc(-c3nc(-c4cccc(-c5ccccc5)c4)nc(-c4cccc(-c5cccc6c5nc(-c5ccccc5)c5ccc7sc8ccccc8c7c56)c4)n3)c2)cc1. The van der Waals surface area contributed by atoms with E-state index in [9.17, 15) is 0 Å². The van der Waals surface area contributed by atoms with Gasteiger partial charge in [-0.2, -0.15) is 0 Å². The van der Waals surface area contributed by atoms with Crippen molar-refractivity contribution in [3.8, 4) is 78.8 Å². The molecule has 9 aromatic carbocycles. The highest BCUT2D eigenvalue weighted by atomic mass is 32.1. The Kier molecular flexibility index (Phi) is 8.98. The topological polar surface area (TPSA) is 51.6 Å². The molecule has 63 heavy (non-hydrogen) atoms. The third-order valence-electron chi connectivity index (χ3n) is 11.9. The molecule has 0 N–H and O–H groups in total. The summed E-state index contributed by atoms with van der Waals surface area (Å²) in [6.07, 6.45) is 0. The summed E-state index contributed by atoms with van der Waals surface area (Å²) in [7, 11) is 0. The Bertz CT molecular complexity index is 3570. The maximum absolute atomic E-state index is 5.56. The van der Waals surface area contributed by atoms with Crippen molar-refractivity contribution in [3.63, 3.8) is 0 Å². The molecule has 5 heteroatoms. The largest absolute Gasteiger partial charge is 0.246 e. The fourth-order valence-corrected chi connectivity index (χ4v) is 10.0. The lowest BCUT2D eigenvalue weighted by Crippen LogP contribution is -2.00. The van der Waals surface area contributed by atoms with Gasteiger partial charge >= 0.3 is 0 Å². The Morgan fingerprint density at radius 2 is 0.730 bits per heavy atom. The van der Waals surface area contributed by atoms with Crippen LogP contribution in [0.4, 0.5) is 0 Å². The first kappa shape index (κ1) is 36.7. The van der Waals surface area contributed by atoms with Crippen LogP contribution in [0.15, 0.2) is 218 Å². The molecule has 0 aliphatic heterocycles. The number of nitrogens with zero attached hydrogens (tertiary/aromatic N) is 4. The summed E-state index contributed by atoms with van der Waals surface area (Å²) in [5.41, 5.74) is 12.3. The molecule has 0 saturated heterocycles. The number of para-hydroxylation sites is 1. The summed E-state index contributed by atoms with van der Waals surface area (Å²) in [4.78, 5) is 21.2. The number of pyridine rings is 1. The normalized spacial score (nSPS) is 11.5. The lowest BCUT2D eigenvalue weighted by atomic mass is 9.93. The highest BCUT2D eigenvalue weighted by Gasteiger charge is 2.20.